The Balaban J connectivity index is 4.57. The Morgan fingerprint density at radius 2 is 0.586 bits per heavy atom. The van der Waals surface area contributed by atoms with Crippen LogP contribution in [0.15, 0.2) is 122 Å². The molecular formula is C64H104O6. The normalized spacial score (nSPS) is 13.0. The van der Waals surface area contributed by atoms with Gasteiger partial charge in [0.1, 0.15) is 13.2 Å². The maximum absolute atomic E-state index is 12.8. The first-order valence-electron chi connectivity index (χ1n) is 28.5. The summed E-state index contributed by atoms with van der Waals surface area (Å²) in [5, 5.41) is 0. The van der Waals surface area contributed by atoms with Crippen LogP contribution in [0.1, 0.15) is 245 Å². The summed E-state index contributed by atoms with van der Waals surface area (Å²) in [7, 11) is 0. The Morgan fingerprint density at radius 3 is 0.986 bits per heavy atom. The molecule has 0 saturated carbocycles. The van der Waals surface area contributed by atoms with Gasteiger partial charge in [-0.3, -0.25) is 14.4 Å². The largest absolute Gasteiger partial charge is 0.462 e. The minimum Gasteiger partial charge on any atom is -0.462 e. The fourth-order valence-corrected chi connectivity index (χ4v) is 7.45. The molecule has 0 fully saturated rings. The summed E-state index contributed by atoms with van der Waals surface area (Å²) >= 11 is 0. The van der Waals surface area contributed by atoms with Crippen molar-refractivity contribution in [3.63, 3.8) is 0 Å². The van der Waals surface area contributed by atoms with Crippen molar-refractivity contribution in [3.8, 4) is 0 Å². The number of allylic oxidation sites excluding steroid dienone is 20. The van der Waals surface area contributed by atoms with Gasteiger partial charge in [-0.05, 0) is 103 Å². The van der Waals surface area contributed by atoms with E-state index in [2.05, 4.69) is 136 Å². The topological polar surface area (TPSA) is 78.9 Å². The smallest absolute Gasteiger partial charge is 0.306 e. The first-order valence-corrected chi connectivity index (χ1v) is 28.5. The Kier molecular flexibility index (Phi) is 54.0. The second kappa shape index (κ2) is 57.4. The van der Waals surface area contributed by atoms with Gasteiger partial charge < -0.3 is 14.2 Å². The van der Waals surface area contributed by atoms with Gasteiger partial charge in [0, 0.05) is 19.3 Å². The van der Waals surface area contributed by atoms with Gasteiger partial charge in [-0.25, -0.2) is 0 Å². The molecule has 0 bridgehead atoms. The standard InChI is InChI=1S/C64H104O6/c1-4-7-10-13-16-19-22-25-28-30-32-34-36-39-42-45-48-51-54-57-63(66)69-60-61(59-68-62(65)56-53-50-47-44-41-38-27-24-21-18-15-12-9-6-3)70-64(67)58-55-52-49-46-43-40-37-35-33-31-29-26-23-20-17-14-11-8-5-2/h7,10,16-17,19-20,25-26,28-29,32-35,39-40,42-43,48,51,61H,4-6,8-9,11-15,18,21-24,27,30-31,36-38,41,44-47,49-50,52-60H2,1-3H3/b10-7-,19-16-,20-17-,28-25-,29-26-,34-32-,35-33-,42-39-,43-40-,51-48-/t61-/m1/s1. The number of unbranched alkanes of at least 4 members (excludes halogenated alkanes) is 19. The summed E-state index contributed by atoms with van der Waals surface area (Å²) in [6.07, 6.45) is 79.1. The number of carbonyl (C=O) groups is 3. The van der Waals surface area contributed by atoms with E-state index < -0.39 is 6.10 Å². The van der Waals surface area contributed by atoms with Gasteiger partial charge in [0.05, 0.1) is 0 Å². The Hall–Kier alpha value is -4.19. The van der Waals surface area contributed by atoms with Gasteiger partial charge in [0.2, 0.25) is 0 Å². The summed E-state index contributed by atoms with van der Waals surface area (Å²) < 4.78 is 16.8. The molecule has 6 heteroatoms. The van der Waals surface area contributed by atoms with E-state index in [0.29, 0.717) is 19.3 Å². The van der Waals surface area contributed by atoms with Crippen LogP contribution in [0.5, 0.6) is 0 Å². The van der Waals surface area contributed by atoms with E-state index in [-0.39, 0.29) is 44.0 Å². The van der Waals surface area contributed by atoms with Gasteiger partial charge in [-0.2, -0.15) is 0 Å². The molecule has 0 aliphatic carbocycles. The average Bonchev–Trinajstić information content (AvgIpc) is 3.36. The average molecular weight is 970 g/mol. The summed E-state index contributed by atoms with van der Waals surface area (Å²) in [4.78, 5) is 38.1. The van der Waals surface area contributed by atoms with Crippen molar-refractivity contribution in [1.82, 2.24) is 0 Å². The highest BCUT2D eigenvalue weighted by Crippen LogP contribution is 2.14. The van der Waals surface area contributed by atoms with Crippen LogP contribution in [-0.4, -0.2) is 37.2 Å². The summed E-state index contributed by atoms with van der Waals surface area (Å²) in [6.45, 7) is 6.40. The van der Waals surface area contributed by atoms with E-state index >= 15 is 0 Å². The lowest BCUT2D eigenvalue weighted by Crippen LogP contribution is -2.30. The highest BCUT2D eigenvalue weighted by atomic mass is 16.6. The van der Waals surface area contributed by atoms with Crippen LogP contribution in [0.3, 0.4) is 0 Å². The monoisotopic (exact) mass is 969 g/mol. The third kappa shape index (κ3) is 54.7. The maximum atomic E-state index is 12.8. The molecule has 0 heterocycles. The van der Waals surface area contributed by atoms with Gasteiger partial charge in [0.25, 0.3) is 0 Å². The van der Waals surface area contributed by atoms with Crippen molar-refractivity contribution >= 4 is 17.9 Å². The molecule has 0 aromatic rings. The molecular weight excluding hydrogens is 865 g/mol. The van der Waals surface area contributed by atoms with Crippen LogP contribution in [0.25, 0.3) is 0 Å². The van der Waals surface area contributed by atoms with Crippen molar-refractivity contribution in [2.75, 3.05) is 13.2 Å². The quantitative estimate of drug-likeness (QED) is 0.0262. The minimum atomic E-state index is -0.828. The van der Waals surface area contributed by atoms with E-state index in [1.165, 1.54) is 96.3 Å². The maximum Gasteiger partial charge on any atom is 0.306 e. The fourth-order valence-electron chi connectivity index (χ4n) is 7.45. The van der Waals surface area contributed by atoms with E-state index in [4.69, 9.17) is 14.2 Å². The van der Waals surface area contributed by atoms with Crippen LogP contribution in [-0.2, 0) is 28.6 Å². The van der Waals surface area contributed by atoms with Gasteiger partial charge in [-0.1, -0.05) is 245 Å². The van der Waals surface area contributed by atoms with Crippen LogP contribution in [0.2, 0.25) is 0 Å². The lowest BCUT2D eigenvalue weighted by molar-refractivity contribution is -0.166. The highest BCUT2D eigenvalue weighted by Gasteiger charge is 2.19. The van der Waals surface area contributed by atoms with Gasteiger partial charge in [0.15, 0.2) is 6.10 Å². The molecule has 70 heavy (non-hydrogen) atoms. The van der Waals surface area contributed by atoms with Gasteiger partial charge in [-0.15, -0.1) is 0 Å². The third-order valence-corrected chi connectivity index (χ3v) is 11.7. The van der Waals surface area contributed by atoms with E-state index in [0.717, 1.165) is 96.3 Å². The number of hydrogen-bond acceptors (Lipinski definition) is 6. The molecule has 0 saturated heterocycles. The van der Waals surface area contributed by atoms with Crippen LogP contribution in [0.4, 0.5) is 0 Å². The predicted molar refractivity (Wildman–Crippen MR) is 302 cm³/mol. The van der Waals surface area contributed by atoms with E-state index in [9.17, 15) is 14.4 Å². The summed E-state index contributed by atoms with van der Waals surface area (Å²) in [5.74, 6) is -1.04. The molecule has 0 aliphatic rings. The summed E-state index contributed by atoms with van der Waals surface area (Å²) in [6, 6.07) is 0. The molecule has 0 rings (SSSR count). The van der Waals surface area contributed by atoms with Crippen LogP contribution < -0.4 is 0 Å². The Bertz CT molecular complexity index is 1490. The molecule has 0 N–H and O–H groups in total. The van der Waals surface area contributed by atoms with E-state index in [1.54, 1.807) is 0 Å². The zero-order valence-corrected chi connectivity index (χ0v) is 45.2. The predicted octanol–water partition coefficient (Wildman–Crippen LogP) is 19.3. The molecule has 0 amide bonds. The molecule has 0 spiro atoms. The molecule has 0 radical (unpaired) electrons. The number of carbonyl (C=O) groups excluding carboxylic acids is 3. The molecule has 0 aromatic heterocycles. The minimum absolute atomic E-state index is 0.115. The SMILES string of the molecule is CC/C=C\C/C=C\C/C=C\C/C=C\C/C=C\C/C=C\CCC(=O)OC[C@@H](COC(=O)CCCCCCCCCCCCCCCC)OC(=O)CCCCC/C=C\C/C=C\C/C=C\C/C=C\CCCCC. The van der Waals surface area contributed by atoms with Crippen molar-refractivity contribution < 1.29 is 28.6 Å². The highest BCUT2D eigenvalue weighted by molar-refractivity contribution is 5.71. The van der Waals surface area contributed by atoms with Crippen LogP contribution >= 0.6 is 0 Å². The molecule has 0 aliphatic heterocycles. The zero-order chi connectivity index (χ0) is 50.7. The molecule has 396 valence electrons. The third-order valence-electron chi connectivity index (χ3n) is 11.7. The van der Waals surface area contributed by atoms with Crippen LogP contribution in [0, 0.1) is 0 Å². The molecule has 0 unspecified atom stereocenters. The van der Waals surface area contributed by atoms with Crippen molar-refractivity contribution in [1.29, 1.82) is 0 Å². The first kappa shape index (κ1) is 65.8. The number of hydrogen-bond donors (Lipinski definition) is 0. The Morgan fingerprint density at radius 1 is 0.300 bits per heavy atom. The molecule has 1 atom stereocenters. The lowest BCUT2D eigenvalue weighted by atomic mass is 10.0. The van der Waals surface area contributed by atoms with Gasteiger partial charge >= 0.3 is 17.9 Å². The van der Waals surface area contributed by atoms with Crippen molar-refractivity contribution in [3.05, 3.63) is 122 Å². The number of rotatable bonds is 50. The fraction of sp³-hybridized carbons (Fsp3) is 0.641. The Labute approximate surface area is 431 Å². The molecule has 0 aromatic carbocycles. The van der Waals surface area contributed by atoms with Crippen molar-refractivity contribution in [2.24, 2.45) is 0 Å². The summed E-state index contributed by atoms with van der Waals surface area (Å²) in [5.41, 5.74) is 0. The lowest BCUT2D eigenvalue weighted by Gasteiger charge is -2.18. The molecule has 6 nitrogen and oxygen atoms in total. The van der Waals surface area contributed by atoms with Crippen molar-refractivity contribution in [2.45, 2.75) is 252 Å². The first-order chi connectivity index (χ1) is 34.5. The second-order valence-electron chi connectivity index (χ2n) is 18.5. The zero-order valence-electron chi connectivity index (χ0n) is 45.2. The second-order valence-corrected chi connectivity index (χ2v) is 18.5. The van der Waals surface area contributed by atoms with E-state index in [1.807, 2.05) is 6.08 Å². The number of esters is 3. The number of ether oxygens (including phenoxy) is 3.